The summed E-state index contributed by atoms with van der Waals surface area (Å²) >= 11 is 7.13. The van der Waals surface area contributed by atoms with Gasteiger partial charge in [0.25, 0.3) is 5.56 Å². The monoisotopic (exact) mass is 419 g/mol. The number of carbonyl (C=O) groups is 1. The zero-order valence-corrected chi connectivity index (χ0v) is 17.7. The highest BCUT2D eigenvalue weighted by molar-refractivity contribution is 7.20. The highest BCUT2D eigenvalue weighted by Crippen LogP contribution is 2.28. The Hall–Kier alpha value is -2.22. The van der Waals surface area contributed by atoms with Crippen molar-refractivity contribution in [2.24, 2.45) is 0 Å². The number of aryl methyl sites for hydroxylation is 1. The van der Waals surface area contributed by atoms with E-state index in [0.29, 0.717) is 31.5 Å². The number of carbonyl (C=O) groups excluding carboxylic acids is 1. The molecule has 1 aromatic carbocycles. The van der Waals surface area contributed by atoms with Crippen molar-refractivity contribution < 1.29 is 9.53 Å². The second-order valence-electron chi connectivity index (χ2n) is 6.57. The van der Waals surface area contributed by atoms with Gasteiger partial charge in [-0.15, -0.1) is 11.3 Å². The average Bonchev–Trinajstić information content (AvgIpc) is 2.99. The van der Waals surface area contributed by atoms with Gasteiger partial charge in [0.2, 0.25) is 0 Å². The van der Waals surface area contributed by atoms with Gasteiger partial charge in [-0.05, 0) is 51.0 Å². The predicted octanol–water partition coefficient (Wildman–Crippen LogP) is 4.53. The van der Waals surface area contributed by atoms with Gasteiger partial charge in [-0.25, -0.2) is 9.78 Å². The molecule has 2 atom stereocenters. The molecule has 3 aromatic rings. The Bertz CT molecular complexity index is 1060. The maximum absolute atomic E-state index is 12.6. The van der Waals surface area contributed by atoms with Gasteiger partial charge >= 0.3 is 5.97 Å². The number of nitrogens with zero attached hydrogens (tertiary/aromatic N) is 1. The van der Waals surface area contributed by atoms with Crippen LogP contribution in [0.25, 0.3) is 10.2 Å². The molecular weight excluding hydrogens is 398 g/mol. The van der Waals surface area contributed by atoms with Crippen LogP contribution in [0.4, 0.5) is 0 Å². The molecule has 2 heterocycles. The van der Waals surface area contributed by atoms with E-state index in [0.717, 1.165) is 5.56 Å². The molecule has 0 saturated heterocycles. The second kappa shape index (κ2) is 8.43. The molecule has 0 aliphatic carbocycles. The van der Waals surface area contributed by atoms with Crippen LogP contribution in [0.3, 0.4) is 0 Å². The molecule has 28 heavy (non-hydrogen) atoms. The summed E-state index contributed by atoms with van der Waals surface area (Å²) in [7, 11) is 0. The fourth-order valence-electron chi connectivity index (χ4n) is 3.06. The van der Waals surface area contributed by atoms with E-state index in [-0.39, 0.29) is 24.2 Å². The normalized spacial score (nSPS) is 13.5. The number of rotatable bonds is 6. The van der Waals surface area contributed by atoms with Crippen LogP contribution in [0.5, 0.6) is 0 Å². The summed E-state index contributed by atoms with van der Waals surface area (Å²) in [5, 5.41) is 4.55. The number of halogens is 1. The molecule has 0 fully saturated rings. The molecule has 0 aliphatic heterocycles. The fraction of sp³-hybridized carbons (Fsp3) is 0.350. The number of nitrogens with one attached hydrogen (secondary N) is 2. The highest BCUT2D eigenvalue weighted by atomic mass is 35.5. The number of hydrogen-bond donors (Lipinski definition) is 2. The lowest BCUT2D eigenvalue weighted by molar-refractivity contribution is 0.0531. The number of thiophene rings is 1. The minimum absolute atomic E-state index is 0.0356. The molecule has 0 radical (unpaired) electrons. The Morgan fingerprint density at radius 2 is 1.96 bits per heavy atom. The van der Waals surface area contributed by atoms with Gasteiger partial charge < -0.3 is 15.0 Å². The topological polar surface area (TPSA) is 84.1 Å². The van der Waals surface area contributed by atoms with Crippen LogP contribution in [0.2, 0.25) is 5.02 Å². The number of esters is 1. The summed E-state index contributed by atoms with van der Waals surface area (Å²) in [6.07, 6.45) is 0. The molecule has 2 aromatic heterocycles. The Labute approximate surface area is 171 Å². The minimum atomic E-state index is -0.425. The van der Waals surface area contributed by atoms with E-state index in [1.807, 2.05) is 38.1 Å². The number of H-pyrrole nitrogens is 1. The Morgan fingerprint density at radius 3 is 2.61 bits per heavy atom. The Morgan fingerprint density at radius 1 is 1.29 bits per heavy atom. The first-order valence-electron chi connectivity index (χ1n) is 9.03. The zero-order valence-electron chi connectivity index (χ0n) is 16.1. The van der Waals surface area contributed by atoms with Gasteiger partial charge in [-0.2, -0.15) is 0 Å². The fourth-order valence-corrected chi connectivity index (χ4v) is 4.27. The Balaban J connectivity index is 1.89. The summed E-state index contributed by atoms with van der Waals surface area (Å²) in [6.45, 7) is 7.74. The third kappa shape index (κ3) is 4.11. The van der Waals surface area contributed by atoms with Crippen molar-refractivity contribution in [3.8, 4) is 0 Å². The summed E-state index contributed by atoms with van der Waals surface area (Å²) in [5.74, 6) is 0.0986. The first-order chi connectivity index (χ1) is 13.3. The number of aromatic amines is 1. The van der Waals surface area contributed by atoms with Crippen LogP contribution in [-0.2, 0) is 4.74 Å². The van der Waals surface area contributed by atoms with E-state index in [1.165, 1.54) is 11.3 Å². The van der Waals surface area contributed by atoms with E-state index < -0.39 is 5.97 Å². The molecule has 0 amide bonds. The van der Waals surface area contributed by atoms with Crippen LogP contribution >= 0.6 is 22.9 Å². The summed E-state index contributed by atoms with van der Waals surface area (Å²) in [6, 6.07) is 7.44. The van der Waals surface area contributed by atoms with Gasteiger partial charge in [0.05, 0.1) is 18.0 Å². The SMILES string of the molecule is CCOC(=O)c1sc2nc([C@@H](C)N[C@H](C)c3ccc(Cl)cc3)[nH]c(=O)c2c1C. The van der Waals surface area contributed by atoms with Crippen LogP contribution in [0, 0.1) is 6.92 Å². The van der Waals surface area contributed by atoms with Gasteiger partial charge in [-0.1, -0.05) is 23.7 Å². The largest absolute Gasteiger partial charge is 0.462 e. The van der Waals surface area contributed by atoms with Gasteiger partial charge in [0.15, 0.2) is 0 Å². The maximum Gasteiger partial charge on any atom is 0.348 e. The molecule has 148 valence electrons. The van der Waals surface area contributed by atoms with Gasteiger partial charge in [0.1, 0.15) is 15.5 Å². The standard InChI is InChI=1S/C20H22ClN3O3S/c1-5-27-20(26)16-10(2)15-18(25)23-17(24-19(15)28-16)12(4)22-11(3)13-6-8-14(21)9-7-13/h6-9,11-12,22H,5H2,1-4H3,(H,23,24,25)/t11-,12-/m1/s1. The van der Waals surface area contributed by atoms with Crippen LogP contribution in [-0.4, -0.2) is 22.5 Å². The predicted molar refractivity (Wildman–Crippen MR) is 112 cm³/mol. The number of hydrogen-bond acceptors (Lipinski definition) is 6. The quantitative estimate of drug-likeness (QED) is 0.573. The van der Waals surface area contributed by atoms with Crippen molar-refractivity contribution in [1.82, 2.24) is 15.3 Å². The van der Waals surface area contributed by atoms with Crippen molar-refractivity contribution >= 4 is 39.1 Å². The molecule has 2 N–H and O–H groups in total. The van der Waals surface area contributed by atoms with Crippen LogP contribution < -0.4 is 10.9 Å². The molecule has 8 heteroatoms. The molecule has 0 bridgehead atoms. The van der Waals surface area contributed by atoms with E-state index in [2.05, 4.69) is 15.3 Å². The van der Waals surface area contributed by atoms with Gasteiger partial charge in [0, 0.05) is 11.1 Å². The third-order valence-corrected chi connectivity index (χ3v) is 5.98. The molecule has 6 nitrogen and oxygen atoms in total. The first kappa shape index (κ1) is 20.5. The second-order valence-corrected chi connectivity index (χ2v) is 8.01. The molecular formula is C20H22ClN3O3S. The number of benzene rings is 1. The molecule has 0 spiro atoms. The van der Waals surface area contributed by atoms with Crippen molar-refractivity contribution in [3.63, 3.8) is 0 Å². The van der Waals surface area contributed by atoms with Crippen LogP contribution in [0.1, 0.15) is 59.5 Å². The van der Waals surface area contributed by atoms with E-state index in [9.17, 15) is 9.59 Å². The zero-order chi connectivity index (χ0) is 20.4. The number of aromatic nitrogens is 2. The third-order valence-electron chi connectivity index (χ3n) is 4.56. The number of ether oxygens (including phenoxy) is 1. The molecule has 3 rings (SSSR count). The maximum atomic E-state index is 12.6. The highest BCUT2D eigenvalue weighted by Gasteiger charge is 2.21. The van der Waals surface area contributed by atoms with E-state index >= 15 is 0 Å². The lowest BCUT2D eigenvalue weighted by Crippen LogP contribution is -2.26. The van der Waals surface area contributed by atoms with E-state index in [1.54, 1.807) is 13.8 Å². The smallest absolute Gasteiger partial charge is 0.348 e. The summed E-state index contributed by atoms with van der Waals surface area (Å²) < 4.78 is 5.08. The lowest BCUT2D eigenvalue weighted by atomic mass is 10.1. The van der Waals surface area contributed by atoms with Crippen molar-refractivity contribution in [3.05, 3.63) is 61.5 Å². The van der Waals surface area contributed by atoms with E-state index in [4.69, 9.17) is 16.3 Å². The lowest BCUT2D eigenvalue weighted by Gasteiger charge is -2.20. The molecule has 0 unspecified atom stereocenters. The average molecular weight is 420 g/mol. The Kier molecular flexibility index (Phi) is 6.17. The molecule has 0 aliphatic rings. The molecule has 0 saturated carbocycles. The number of fused-ring (bicyclic) bond motifs is 1. The van der Waals surface area contributed by atoms with Crippen molar-refractivity contribution in [1.29, 1.82) is 0 Å². The minimum Gasteiger partial charge on any atom is -0.462 e. The summed E-state index contributed by atoms with van der Waals surface area (Å²) in [5.41, 5.74) is 1.43. The van der Waals surface area contributed by atoms with Crippen molar-refractivity contribution in [2.75, 3.05) is 6.61 Å². The van der Waals surface area contributed by atoms with Gasteiger partial charge in [-0.3, -0.25) is 4.79 Å². The van der Waals surface area contributed by atoms with Crippen molar-refractivity contribution in [2.45, 2.75) is 39.8 Å². The van der Waals surface area contributed by atoms with Crippen LogP contribution in [0.15, 0.2) is 29.1 Å². The summed E-state index contributed by atoms with van der Waals surface area (Å²) in [4.78, 5) is 33.1. The first-order valence-corrected chi connectivity index (χ1v) is 10.2.